The van der Waals surface area contributed by atoms with E-state index in [1.165, 1.54) is 11.2 Å². The van der Waals surface area contributed by atoms with Crippen LogP contribution in [-0.2, 0) is 0 Å². The highest BCUT2D eigenvalue weighted by Gasteiger charge is 2.20. The lowest BCUT2D eigenvalue weighted by Crippen LogP contribution is -1.90. The topological polar surface area (TPSA) is 96.0 Å². The number of aromatic amines is 2. The third-order valence-electron chi connectivity index (χ3n) is 5.16. The van der Waals surface area contributed by atoms with E-state index in [1.807, 2.05) is 6.07 Å². The first-order valence-electron chi connectivity index (χ1n) is 9.53. The Morgan fingerprint density at radius 2 is 1.87 bits per heavy atom. The molecule has 0 spiro atoms. The molecule has 1 aromatic carbocycles. The van der Waals surface area contributed by atoms with Crippen LogP contribution in [0.3, 0.4) is 0 Å². The number of halogens is 1. The second-order valence-corrected chi connectivity index (χ2v) is 8.39. The van der Waals surface area contributed by atoms with Gasteiger partial charge in [0.05, 0.1) is 16.4 Å². The fourth-order valence-electron chi connectivity index (χ4n) is 3.71. The normalized spacial score (nSPS) is 11.5. The van der Waals surface area contributed by atoms with E-state index in [-0.39, 0.29) is 0 Å². The predicted octanol–water partition coefficient (Wildman–Crippen LogP) is 5.13. The number of thiophene rings is 1. The maximum absolute atomic E-state index is 15.6. The number of hydrogen-bond acceptors (Lipinski definition) is 6. The minimum Gasteiger partial charge on any atom is -0.335 e. The zero-order valence-electron chi connectivity index (χ0n) is 16.2. The molecule has 6 aromatic rings. The van der Waals surface area contributed by atoms with E-state index in [0.717, 1.165) is 16.0 Å². The molecule has 0 radical (unpaired) electrons. The molecule has 2 N–H and O–H groups in total. The number of hydrogen-bond donors (Lipinski definition) is 2. The lowest BCUT2D eigenvalue weighted by Gasteiger charge is -2.04. The Bertz CT molecular complexity index is 1570. The fourth-order valence-corrected chi connectivity index (χ4v) is 4.61. The quantitative estimate of drug-likeness (QED) is 0.408. The third-order valence-corrected chi connectivity index (χ3v) is 6.19. The number of rotatable bonds is 3. The van der Waals surface area contributed by atoms with E-state index in [9.17, 15) is 0 Å². The highest BCUT2D eigenvalue weighted by Crippen LogP contribution is 2.36. The average molecular weight is 427 g/mol. The Morgan fingerprint density at radius 1 is 1.00 bits per heavy atom. The Hall–Kier alpha value is -3.98. The molecule has 9 heteroatoms. The van der Waals surface area contributed by atoms with E-state index in [2.05, 4.69) is 54.2 Å². The average Bonchev–Trinajstić information content (AvgIpc) is 3.52. The van der Waals surface area contributed by atoms with Crippen molar-refractivity contribution in [3.8, 4) is 33.1 Å². The smallest absolute Gasteiger partial charge is 0.178 e. The molecule has 6 rings (SSSR count). The van der Waals surface area contributed by atoms with Gasteiger partial charge in [0.2, 0.25) is 0 Å². The van der Waals surface area contributed by atoms with Gasteiger partial charge in [-0.05, 0) is 37.3 Å². The molecule has 0 aliphatic rings. The molecule has 0 amide bonds. The summed E-state index contributed by atoms with van der Waals surface area (Å²) in [5.74, 6) is 0.0495. The van der Waals surface area contributed by atoms with Crippen LogP contribution in [0.25, 0.3) is 55.2 Å². The van der Waals surface area contributed by atoms with Crippen LogP contribution in [-0.4, -0.2) is 35.1 Å². The van der Waals surface area contributed by atoms with Gasteiger partial charge in [-0.2, -0.15) is 5.10 Å². The molecule has 0 saturated heterocycles. The van der Waals surface area contributed by atoms with Crippen molar-refractivity contribution in [2.75, 3.05) is 0 Å². The van der Waals surface area contributed by atoms with Crippen molar-refractivity contribution < 1.29 is 4.39 Å². The van der Waals surface area contributed by atoms with Crippen LogP contribution in [0.5, 0.6) is 0 Å². The van der Waals surface area contributed by atoms with Crippen LogP contribution in [0.15, 0.2) is 55.2 Å². The van der Waals surface area contributed by atoms with Crippen molar-refractivity contribution in [2.45, 2.75) is 6.92 Å². The lowest BCUT2D eigenvalue weighted by molar-refractivity contribution is 0.643. The van der Waals surface area contributed by atoms with E-state index < -0.39 is 5.82 Å². The van der Waals surface area contributed by atoms with Crippen LogP contribution in [0.4, 0.5) is 4.39 Å². The summed E-state index contributed by atoms with van der Waals surface area (Å²) in [5.41, 5.74) is 4.33. The Kier molecular flexibility index (Phi) is 3.90. The van der Waals surface area contributed by atoms with Crippen molar-refractivity contribution >= 4 is 33.4 Å². The number of aryl methyl sites for hydroxylation is 1. The molecule has 0 fully saturated rings. The fraction of sp³-hybridized carbons (Fsp3) is 0.0455. The van der Waals surface area contributed by atoms with Gasteiger partial charge in [0.1, 0.15) is 17.8 Å². The molecular weight excluding hydrogens is 413 g/mol. The first-order valence-corrected chi connectivity index (χ1v) is 10.3. The van der Waals surface area contributed by atoms with Gasteiger partial charge in [0.25, 0.3) is 0 Å². The van der Waals surface area contributed by atoms with E-state index in [4.69, 9.17) is 0 Å². The Morgan fingerprint density at radius 3 is 2.68 bits per heavy atom. The van der Waals surface area contributed by atoms with Gasteiger partial charge in [-0.3, -0.25) is 5.10 Å². The highest BCUT2D eigenvalue weighted by atomic mass is 32.1. The van der Waals surface area contributed by atoms with Crippen LogP contribution in [0.1, 0.15) is 4.88 Å². The summed E-state index contributed by atoms with van der Waals surface area (Å²) in [7, 11) is 0. The van der Waals surface area contributed by atoms with Gasteiger partial charge in [-0.15, -0.1) is 11.3 Å². The minimum absolute atomic E-state index is 0.355. The van der Waals surface area contributed by atoms with E-state index >= 15 is 4.39 Å². The highest BCUT2D eigenvalue weighted by molar-refractivity contribution is 7.15. The summed E-state index contributed by atoms with van der Waals surface area (Å²) < 4.78 is 15.6. The maximum atomic E-state index is 15.6. The van der Waals surface area contributed by atoms with Gasteiger partial charge >= 0.3 is 0 Å². The molecular formula is C22H14FN7S. The van der Waals surface area contributed by atoms with Crippen molar-refractivity contribution in [3.05, 3.63) is 65.9 Å². The van der Waals surface area contributed by atoms with Crippen molar-refractivity contribution in [3.63, 3.8) is 0 Å². The number of nitrogens with one attached hydrogen (secondary N) is 2. The first-order chi connectivity index (χ1) is 15.2. The van der Waals surface area contributed by atoms with Gasteiger partial charge in [0.15, 0.2) is 11.5 Å². The molecule has 0 saturated carbocycles. The summed E-state index contributed by atoms with van der Waals surface area (Å²) in [6.45, 7) is 2.07. The SMILES string of the molecule is Cc1ccc(-c2ccnc3nc(-c4n[nH]c5ccc(-c6cncnc6)c(F)c45)[nH]c23)s1. The number of H-pyrrole nitrogens is 2. The molecule has 5 aromatic heterocycles. The number of benzene rings is 1. The van der Waals surface area contributed by atoms with Crippen molar-refractivity contribution in [1.29, 1.82) is 0 Å². The van der Waals surface area contributed by atoms with Gasteiger partial charge in [-0.1, -0.05) is 0 Å². The second kappa shape index (κ2) is 6.78. The van der Waals surface area contributed by atoms with Crippen LogP contribution in [0.2, 0.25) is 0 Å². The van der Waals surface area contributed by atoms with Crippen LogP contribution >= 0.6 is 11.3 Å². The molecule has 7 nitrogen and oxygen atoms in total. The molecule has 0 unspecified atom stereocenters. The molecule has 31 heavy (non-hydrogen) atoms. The standard InChI is InChI=1S/C22H14FN7S/c1-11-2-5-16(31-11)14-6-7-26-21-19(14)27-22(28-21)20-17-15(29-30-20)4-3-13(18(17)23)12-8-24-10-25-9-12/h2-10H,1H3,(H,29,30)(H,26,27,28). The largest absolute Gasteiger partial charge is 0.335 e. The molecule has 0 bridgehead atoms. The predicted molar refractivity (Wildman–Crippen MR) is 118 cm³/mol. The Labute approximate surface area is 179 Å². The van der Waals surface area contributed by atoms with E-state index in [0.29, 0.717) is 39.2 Å². The molecule has 0 atom stereocenters. The van der Waals surface area contributed by atoms with Crippen molar-refractivity contribution in [1.82, 2.24) is 35.1 Å². The van der Waals surface area contributed by atoms with Gasteiger partial charge in [0, 0.05) is 45.0 Å². The molecule has 150 valence electrons. The summed E-state index contributed by atoms with van der Waals surface area (Å²) in [4.78, 5) is 22.6. The number of imidazole rings is 1. The zero-order valence-corrected chi connectivity index (χ0v) is 17.0. The third kappa shape index (κ3) is 2.82. The Balaban J connectivity index is 1.56. The van der Waals surface area contributed by atoms with E-state index in [1.54, 1.807) is 42.1 Å². The molecule has 5 heterocycles. The summed E-state index contributed by atoms with van der Waals surface area (Å²) in [5, 5.41) is 7.60. The zero-order chi connectivity index (χ0) is 20.9. The molecule has 0 aliphatic carbocycles. The first kappa shape index (κ1) is 17.8. The monoisotopic (exact) mass is 427 g/mol. The van der Waals surface area contributed by atoms with Crippen LogP contribution in [0, 0.1) is 12.7 Å². The number of aromatic nitrogens is 7. The number of nitrogens with zero attached hydrogens (tertiary/aromatic N) is 5. The van der Waals surface area contributed by atoms with Crippen LogP contribution < -0.4 is 0 Å². The second-order valence-electron chi connectivity index (χ2n) is 7.10. The maximum Gasteiger partial charge on any atom is 0.178 e. The molecule has 0 aliphatic heterocycles. The minimum atomic E-state index is -0.404. The summed E-state index contributed by atoms with van der Waals surface area (Å²) in [6.07, 6.45) is 6.31. The summed E-state index contributed by atoms with van der Waals surface area (Å²) >= 11 is 1.70. The lowest BCUT2D eigenvalue weighted by atomic mass is 10.0. The van der Waals surface area contributed by atoms with Gasteiger partial charge in [-0.25, -0.2) is 24.3 Å². The van der Waals surface area contributed by atoms with Crippen molar-refractivity contribution in [2.24, 2.45) is 0 Å². The van der Waals surface area contributed by atoms with Gasteiger partial charge < -0.3 is 4.98 Å². The number of fused-ring (bicyclic) bond motifs is 2. The number of pyridine rings is 1. The summed E-state index contributed by atoms with van der Waals surface area (Å²) in [6, 6.07) is 9.59.